The lowest BCUT2D eigenvalue weighted by atomic mass is 10.0. The second-order valence-corrected chi connectivity index (χ2v) is 6.90. The maximum Gasteiger partial charge on any atom is 0.256 e. The summed E-state index contributed by atoms with van der Waals surface area (Å²) in [4.78, 5) is 16.3. The van der Waals surface area contributed by atoms with Gasteiger partial charge >= 0.3 is 0 Å². The van der Waals surface area contributed by atoms with E-state index in [0.29, 0.717) is 16.9 Å². The first-order chi connectivity index (χ1) is 12.1. The maximum atomic E-state index is 12.1. The lowest BCUT2D eigenvalue weighted by Gasteiger charge is -2.08. The third-order valence-electron chi connectivity index (χ3n) is 3.73. The predicted molar refractivity (Wildman–Crippen MR) is 102 cm³/mol. The Balaban J connectivity index is 1.53. The number of rotatable bonds is 6. The molecule has 0 spiro atoms. The van der Waals surface area contributed by atoms with Crippen LogP contribution in [-0.2, 0) is 4.79 Å². The molecule has 0 radical (unpaired) electrons. The van der Waals surface area contributed by atoms with Gasteiger partial charge in [-0.25, -0.2) is 4.98 Å². The Hall–Kier alpha value is -2.53. The quantitative estimate of drug-likeness (QED) is 0.620. The van der Waals surface area contributed by atoms with Gasteiger partial charge < -0.3 is 9.73 Å². The number of nitrogens with zero attached hydrogens (tertiary/aromatic N) is 1. The Bertz CT molecular complexity index is 826. The zero-order valence-electron chi connectivity index (χ0n) is 14.2. The van der Waals surface area contributed by atoms with E-state index in [4.69, 9.17) is 4.42 Å². The molecule has 3 rings (SSSR count). The number of carbonyl (C=O) groups is 1. The van der Waals surface area contributed by atoms with Crippen LogP contribution < -0.4 is 5.32 Å². The van der Waals surface area contributed by atoms with E-state index < -0.39 is 0 Å². The first kappa shape index (κ1) is 17.3. The van der Waals surface area contributed by atoms with Crippen LogP contribution in [0.15, 0.2) is 70.4 Å². The van der Waals surface area contributed by atoms with E-state index in [0.717, 1.165) is 11.3 Å². The summed E-state index contributed by atoms with van der Waals surface area (Å²) in [5.74, 6) is 1.35. The monoisotopic (exact) mass is 352 g/mol. The van der Waals surface area contributed by atoms with Crippen LogP contribution in [0.5, 0.6) is 0 Å². The van der Waals surface area contributed by atoms with Crippen molar-refractivity contribution in [2.75, 3.05) is 11.1 Å². The third-order valence-corrected chi connectivity index (χ3v) is 4.57. The standard InChI is InChI=1S/C20H20N2O2S/c1-14(2)15-8-10-17(11-9-15)22-19(23)13-25-20-21-12-18(24-20)16-6-4-3-5-7-16/h3-12,14H,13H2,1-2H3,(H,22,23). The van der Waals surface area contributed by atoms with Crippen molar-refractivity contribution in [3.05, 3.63) is 66.4 Å². The predicted octanol–water partition coefficient (Wildman–Crippen LogP) is 5.20. The first-order valence-electron chi connectivity index (χ1n) is 8.15. The molecule has 1 aromatic heterocycles. The molecule has 0 saturated heterocycles. The van der Waals surface area contributed by atoms with Crippen LogP contribution in [0.2, 0.25) is 0 Å². The Morgan fingerprint density at radius 3 is 2.52 bits per heavy atom. The van der Waals surface area contributed by atoms with E-state index >= 15 is 0 Å². The van der Waals surface area contributed by atoms with Gasteiger partial charge in [0.15, 0.2) is 5.76 Å². The number of hydrogen-bond donors (Lipinski definition) is 1. The zero-order valence-corrected chi connectivity index (χ0v) is 15.0. The minimum Gasteiger partial charge on any atom is -0.431 e. The second kappa shape index (κ2) is 8.03. The highest BCUT2D eigenvalue weighted by Crippen LogP contribution is 2.25. The Morgan fingerprint density at radius 2 is 1.84 bits per heavy atom. The molecule has 1 amide bonds. The van der Waals surface area contributed by atoms with Crippen molar-refractivity contribution >= 4 is 23.4 Å². The highest BCUT2D eigenvalue weighted by atomic mass is 32.2. The van der Waals surface area contributed by atoms with Crippen molar-refractivity contribution in [2.24, 2.45) is 0 Å². The fourth-order valence-electron chi connectivity index (χ4n) is 2.34. The SMILES string of the molecule is CC(C)c1ccc(NC(=O)CSc2ncc(-c3ccccc3)o2)cc1. The van der Waals surface area contributed by atoms with E-state index in [1.807, 2.05) is 54.6 Å². The number of carbonyl (C=O) groups excluding carboxylic acids is 1. The summed E-state index contributed by atoms with van der Waals surface area (Å²) < 4.78 is 5.68. The zero-order chi connectivity index (χ0) is 17.6. The Labute approximate surface area is 151 Å². The molecular formula is C20H20N2O2S. The number of nitrogens with one attached hydrogen (secondary N) is 1. The molecule has 3 aromatic rings. The van der Waals surface area contributed by atoms with Crippen molar-refractivity contribution in [1.29, 1.82) is 0 Å². The van der Waals surface area contributed by atoms with Crippen LogP contribution in [0.4, 0.5) is 5.69 Å². The second-order valence-electron chi connectivity index (χ2n) is 5.97. The van der Waals surface area contributed by atoms with Crippen LogP contribution >= 0.6 is 11.8 Å². The normalized spacial score (nSPS) is 10.8. The fraction of sp³-hybridized carbons (Fsp3) is 0.200. The highest BCUT2D eigenvalue weighted by molar-refractivity contribution is 7.99. The highest BCUT2D eigenvalue weighted by Gasteiger charge is 2.10. The summed E-state index contributed by atoms with van der Waals surface area (Å²) in [6, 6.07) is 17.7. The van der Waals surface area contributed by atoms with Crippen molar-refractivity contribution < 1.29 is 9.21 Å². The van der Waals surface area contributed by atoms with Gasteiger partial charge in [-0.15, -0.1) is 0 Å². The number of oxazole rings is 1. The van der Waals surface area contributed by atoms with Gasteiger partial charge in [-0.3, -0.25) is 4.79 Å². The van der Waals surface area contributed by atoms with Gasteiger partial charge in [0, 0.05) is 11.3 Å². The van der Waals surface area contributed by atoms with Gasteiger partial charge in [0.25, 0.3) is 5.22 Å². The van der Waals surface area contributed by atoms with Crippen molar-refractivity contribution in [3.8, 4) is 11.3 Å². The smallest absolute Gasteiger partial charge is 0.256 e. The third kappa shape index (κ3) is 4.73. The number of anilines is 1. The molecule has 128 valence electrons. The molecule has 0 saturated carbocycles. The molecular weight excluding hydrogens is 332 g/mol. The van der Waals surface area contributed by atoms with E-state index in [-0.39, 0.29) is 11.7 Å². The molecule has 0 aliphatic carbocycles. The Kier molecular flexibility index (Phi) is 5.56. The van der Waals surface area contributed by atoms with E-state index in [1.165, 1.54) is 17.3 Å². The lowest BCUT2D eigenvalue weighted by molar-refractivity contribution is -0.113. The molecule has 1 N–H and O–H groups in total. The molecule has 0 aliphatic heterocycles. The van der Waals surface area contributed by atoms with E-state index in [9.17, 15) is 4.79 Å². The summed E-state index contributed by atoms with van der Waals surface area (Å²) in [5.41, 5.74) is 3.02. The first-order valence-corrected chi connectivity index (χ1v) is 9.14. The summed E-state index contributed by atoms with van der Waals surface area (Å²) in [6.45, 7) is 4.29. The minimum atomic E-state index is -0.0817. The summed E-state index contributed by atoms with van der Waals surface area (Å²) in [7, 11) is 0. The average molecular weight is 352 g/mol. The molecule has 5 heteroatoms. The summed E-state index contributed by atoms with van der Waals surface area (Å²) in [5, 5.41) is 3.38. The number of thioether (sulfide) groups is 1. The Morgan fingerprint density at radius 1 is 1.12 bits per heavy atom. The number of amides is 1. The molecule has 0 bridgehead atoms. The largest absolute Gasteiger partial charge is 0.431 e. The maximum absolute atomic E-state index is 12.1. The van der Waals surface area contributed by atoms with Gasteiger partial charge in [0.2, 0.25) is 5.91 Å². The van der Waals surface area contributed by atoms with Gasteiger partial charge in [-0.2, -0.15) is 0 Å². The molecule has 0 aliphatic rings. The molecule has 2 aromatic carbocycles. The molecule has 0 atom stereocenters. The molecule has 0 fully saturated rings. The fourth-order valence-corrected chi connectivity index (χ4v) is 2.94. The van der Waals surface area contributed by atoms with Crippen LogP contribution in [0.3, 0.4) is 0 Å². The van der Waals surface area contributed by atoms with Crippen LogP contribution in [-0.4, -0.2) is 16.6 Å². The van der Waals surface area contributed by atoms with Gasteiger partial charge in [0.1, 0.15) is 0 Å². The lowest BCUT2D eigenvalue weighted by Crippen LogP contribution is -2.13. The van der Waals surface area contributed by atoms with Crippen LogP contribution in [0, 0.1) is 0 Å². The van der Waals surface area contributed by atoms with Crippen molar-refractivity contribution in [2.45, 2.75) is 25.0 Å². The average Bonchev–Trinajstić information content (AvgIpc) is 3.10. The molecule has 1 heterocycles. The van der Waals surface area contributed by atoms with Gasteiger partial charge in [-0.05, 0) is 23.6 Å². The molecule has 4 nitrogen and oxygen atoms in total. The summed E-state index contributed by atoms with van der Waals surface area (Å²) >= 11 is 1.28. The van der Waals surface area contributed by atoms with Crippen LogP contribution in [0.25, 0.3) is 11.3 Å². The molecule has 0 unspecified atom stereocenters. The van der Waals surface area contributed by atoms with Crippen LogP contribution in [0.1, 0.15) is 25.3 Å². The topological polar surface area (TPSA) is 55.1 Å². The minimum absolute atomic E-state index is 0.0817. The number of hydrogen-bond acceptors (Lipinski definition) is 4. The van der Waals surface area contributed by atoms with Crippen molar-refractivity contribution in [1.82, 2.24) is 4.98 Å². The van der Waals surface area contributed by atoms with Crippen molar-refractivity contribution in [3.63, 3.8) is 0 Å². The van der Waals surface area contributed by atoms with Gasteiger partial charge in [0.05, 0.1) is 11.9 Å². The molecule has 25 heavy (non-hydrogen) atoms. The van der Waals surface area contributed by atoms with E-state index in [1.54, 1.807) is 6.20 Å². The number of benzene rings is 2. The summed E-state index contributed by atoms with van der Waals surface area (Å²) in [6.07, 6.45) is 1.68. The van der Waals surface area contributed by atoms with E-state index in [2.05, 4.69) is 24.1 Å². The number of aromatic nitrogens is 1. The van der Waals surface area contributed by atoms with Gasteiger partial charge in [-0.1, -0.05) is 68.1 Å².